The maximum Gasteiger partial charge on any atom is 0.227 e. The van der Waals surface area contributed by atoms with Gasteiger partial charge in [-0.2, -0.15) is 0 Å². The van der Waals surface area contributed by atoms with Gasteiger partial charge in [-0.05, 0) is 23.0 Å². The number of hydrogen-bond acceptors (Lipinski definition) is 5. The summed E-state index contributed by atoms with van der Waals surface area (Å²) in [4.78, 5) is 16.5. The molecule has 0 aliphatic carbocycles. The summed E-state index contributed by atoms with van der Waals surface area (Å²) < 4.78 is 0. The van der Waals surface area contributed by atoms with Crippen molar-refractivity contribution in [3.8, 4) is 0 Å². The molecule has 0 unspecified atom stereocenters. The van der Waals surface area contributed by atoms with Gasteiger partial charge < -0.3 is 0 Å². The fourth-order valence-electron chi connectivity index (χ4n) is 1.28. The Morgan fingerprint density at radius 3 is 1.83 bits per heavy atom. The van der Waals surface area contributed by atoms with E-state index in [0.29, 0.717) is 0 Å². The van der Waals surface area contributed by atoms with Crippen molar-refractivity contribution < 1.29 is 4.79 Å². The lowest BCUT2D eigenvalue weighted by atomic mass is 10.3. The second-order valence-electron chi connectivity index (χ2n) is 3.48. The van der Waals surface area contributed by atoms with Gasteiger partial charge in [-0.1, -0.05) is 48.0 Å². The molecule has 0 aromatic heterocycles. The molecule has 6 heteroatoms. The Bertz CT molecular complexity index is 500. The standard InChI is InChI=1S/C12H9NOS4/c1-8(14)13(6-11-9(15)2-4-17-11)7-12-10(16)3-5-18-12/h2-7H,1H3/b11-6+,12-7+. The average Bonchev–Trinajstić information content (AvgIpc) is 2.88. The Kier molecular flexibility index (Phi) is 4.55. The molecule has 0 aromatic rings. The first-order valence-corrected chi connectivity index (χ1v) is 7.63. The number of carbonyl (C=O) groups excluding carboxylic acids is 1. The van der Waals surface area contributed by atoms with Crippen molar-refractivity contribution >= 4 is 63.6 Å². The molecule has 2 nitrogen and oxygen atoms in total. The minimum Gasteiger partial charge on any atom is -0.293 e. The molecule has 1 amide bonds. The van der Waals surface area contributed by atoms with E-state index in [1.165, 1.54) is 35.3 Å². The minimum absolute atomic E-state index is 0.0689. The predicted molar refractivity (Wildman–Crippen MR) is 87.3 cm³/mol. The van der Waals surface area contributed by atoms with E-state index in [9.17, 15) is 4.79 Å². The van der Waals surface area contributed by atoms with Crippen LogP contribution in [0.3, 0.4) is 0 Å². The van der Waals surface area contributed by atoms with Crippen molar-refractivity contribution in [3.63, 3.8) is 0 Å². The molecule has 0 saturated carbocycles. The van der Waals surface area contributed by atoms with Gasteiger partial charge in [0.05, 0.1) is 9.73 Å². The molecule has 2 heterocycles. The number of amides is 1. The lowest BCUT2D eigenvalue weighted by molar-refractivity contribution is -0.124. The van der Waals surface area contributed by atoms with Crippen molar-refractivity contribution in [1.82, 2.24) is 4.90 Å². The first-order chi connectivity index (χ1) is 8.58. The molecule has 0 radical (unpaired) electrons. The van der Waals surface area contributed by atoms with E-state index in [1.54, 1.807) is 12.4 Å². The zero-order chi connectivity index (χ0) is 13.1. The largest absolute Gasteiger partial charge is 0.293 e. The van der Waals surface area contributed by atoms with E-state index in [0.717, 1.165) is 19.5 Å². The molecule has 2 aliphatic heterocycles. The van der Waals surface area contributed by atoms with Crippen LogP contribution in [0.15, 0.2) is 45.2 Å². The third kappa shape index (κ3) is 3.20. The van der Waals surface area contributed by atoms with Crippen LogP contribution in [0.25, 0.3) is 0 Å². The summed E-state index contributed by atoms with van der Waals surface area (Å²) >= 11 is 13.4. The fourth-order valence-corrected chi connectivity index (χ4v) is 3.40. The third-order valence-corrected chi connectivity index (χ3v) is 4.86. The van der Waals surface area contributed by atoms with Crippen LogP contribution in [0.4, 0.5) is 0 Å². The van der Waals surface area contributed by atoms with Crippen LogP contribution in [0.5, 0.6) is 0 Å². The SMILES string of the molecule is CC(=O)N(/C=C1/SC=CC1=S)/C=C1/SC=CC1=S. The van der Waals surface area contributed by atoms with Crippen LogP contribution in [0.2, 0.25) is 0 Å². The van der Waals surface area contributed by atoms with Gasteiger partial charge in [0.15, 0.2) is 0 Å². The van der Waals surface area contributed by atoms with Crippen molar-refractivity contribution in [2.24, 2.45) is 0 Å². The summed E-state index contributed by atoms with van der Waals surface area (Å²) in [6.45, 7) is 1.51. The first kappa shape index (κ1) is 13.7. The summed E-state index contributed by atoms with van der Waals surface area (Å²) in [5.41, 5.74) is 0. The topological polar surface area (TPSA) is 20.3 Å². The Morgan fingerprint density at radius 2 is 1.56 bits per heavy atom. The van der Waals surface area contributed by atoms with E-state index >= 15 is 0 Å². The smallest absolute Gasteiger partial charge is 0.227 e. The van der Waals surface area contributed by atoms with Gasteiger partial charge in [-0.25, -0.2) is 0 Å². The van der Waals surface area contributed by atoms with Crippen LogP contribution in [0.1, 0.15) is 6.92 Å². The van der Waals surface area contributed by atoms with E-state index in [-0.39, 0.29) is 5.91 Å². The number of thioether (sulfide) groups is 2. The number of allylic oxidation sites excluding steroid dienone is 4. The molecular weight excluding hydrogens is 302 g/mol. The van der Waals surface area contributed by atoms with E-state index in [1.807, 2.05) is 23.0 Å². The van der Waals surface area contributed by atoms with E-state index < -0.39 is 0 Å². The molecule has 2 aliphatic rings. The van der Waals surface area contributed by atoms with Gasteiger partial charge in [-0.15, -0.1) is 0 Å². The molecule has 0 fully saturated rings. The summed E-state index contributed by atoms with van der Waals surface area (Å²) in [5.74, 6) is -0.0689. The molecule has 0 saturated heterocycles. The van der Waals surface area contributed by atoms with Crippen LogP contribution < -0.4 is 0 Å². The molecule has 0 N–H and O–H groups in total. The lowest BCUT2D eigenvalue weighted by Gasteiger charge is -2.13. The van der Waals surface area contributed by atoms with Crippen molar-refractivity contribution in [1.29, 1.82) is 0 Å². The quantitative estimate of drug-likeness (QED) is 0.569. The fraction of sp³-hybridized carbons (Fsp3) is 0.0833. The Hall–Kier alpha value is -0.690. The molecule has 18 heavy (non-hydrogen) atoms. The zero-order valence-electron chi connectivity index (χ0n) is 9.45. The van der Waals surface area contributed by atoms with Crippen LogP contribution in [-0.2, 0) is 4.79 Å². The van der Waals surface area contributed by atoms with E-state index in [4.69, 9.17) is 24.4 Å². The molecule has 92 valence electrons. The number of nitrogens with zero attached hydrogens (tertiary/aromatic N) is 1. The third-order valence-electron chi connectivity index (χ3n) is 2.19. The molecule has 0 spiro atoms. The highest BCUT2D eigenvalue weighted by Crippen LogP contribution is 2.29. The number of carbonyl (C=O) groups is 1. The summed E-state index contributed by atoms with van der Waals surface area (Å²) in [6.07, 6.45) is 7.22. The van der Waals surface area contributed by atoms with Gasteiger partial charge in [0, 0.05) is 29.1 Å². The van der Waals surface area contributed by atoms with Crippen molar-refractivity contribution in [2.45, 2.75) is 6.92 Å². The zero-order valence-corrected chi connectivity index (χ0v) is 12.7. The van der Waals surface area contributed by atoms with Crippen LogP contribution >= 0.6 is 48.0 Å². The number of thiocarbonyl (C=S) groups is 2. The molecule has 0 aromatic carbocycles. The predicted octanol–water partition coefficient (Wildman–Crippen LogP) is 3.78. The Morgan fingerprint density at radius 1 is 1.11 bits per heavy atom. The van der Waals surface area contributed by atoms with Crippen LogP contribution in [-0.4, -0.2) is 20.5 Å². The highest BCUT2D eigenvalue weighted by Gasteiger charge is 2.14. The second kappa shape index (κ2) is 5.97. The average molecular weight is 311 g/mol. The molecule has 2 rings (SSSR count). The van der Waals surface area contributed by atoms with Gasteiger partial charge in [0.25, 0.3) is 0 Å². The Balaban J connectivity index is 2.23. The maximum atomic E-state index is 11.6. The summed E-state index contributed by atoms with van der Waals surface area (Å²) in [7, 11) is 0. The number of hydrogen-bond donors (Lipinski definition) is 0. The normalized spacial score (nSPS) is 22.5. The molecule has 0 bridgehead atoms. The van der Waals surface area contributed by atoms with E-state index in [2.05, 4.69) is 0 Å². The summed E-state index contributed by atoms with van der Waals surface area (Å²) in [6, 6.07) is 0. The number of rotatable bonds is 2. The summed E-state index contributed by atoms with van der Waals surface area (Å²) in [5, 5.41) is 3.83. The maximum absolute atomic E-state index is 11.6. The first-order valence-electron chi connectivity index (χ1n) is 5.05. The van der Waals surface area contributed by atoms with Crippen molar-refractivity contribution in [3.05, 3.63) is 45.2 Å². The minimum atomic E-state index is -0.0689. The highest BCUT2D eigenvalue weighted by molar-refractivity contribution is 8.09. The molecule has 0 atom stereocenters. The van der Waals surface area contributed by atoms with Gasteiger partial charge >= 0.3 is 0 Å². The van der Waals surface area contributed by atoms with Gasteiger partial charge in [0.2, 0.25) is 5.91 Å². The highest BCUT2D eigenvalue weighted by atomic mass is 32.2. The van der Waals surface area contributed by atoms with Crippen LogP contribution in [0, 0.1) is 0 Å². The van der Waals surface area contributed by atoms with Gasteiger partial charge in [-0.3, -0.25) is 9.69 Å². The van der Waals surface area contributed by atoms with Crippen molar-refractivity contribution in [2.75, 3.05) is 0 Å². The Labute approximate surface area is 125 Å². The van der Waals surface area contributed by atoms with Gasteiger partial charge in [0.1, 0.15) is 0 Å². The second-order valence-corrected chi connectivity index (χ2v) is 6.26. The lowest BCUT2D eigenvalue weighted by Crippen LogP contribution is -2.18. The molecular formula is C12H9NOS4. The monoisotopic (exact) mass is 311 g/mol.